The van der Waals surface area contributed by atoms with Gasteiger partial charge in [-0.25, -0.2) is 0 Å². The van der Waals surface area contributed by atoms with E-state index in [0.717, 1.165) is 12.5 Å². The topological polar surface area (TPSA) is 21.7 Å². The van der Waals surface area contributed by atoms with E-state index in [4.69, 9.17) is 9.47 Å². The van der Waals surface area contributed by atoms with E-state index in [0.29, 0.717) is 12.7 Å². The fourth-order valence-electron chi connectivity index (χ4n) is 2.07. The second-order valence-corrected chi connectivity index (χ2v) is 4.76. The molecule has 0 aromatic rings. The number of hydrogen-bond donors (Lipinski definition) is 0. The maximum atomic E-state index is 5.72. The van der Waals surface area contributed by atoms with E-state index in [2.05, 4.69) is 18.7 Å². The molecule has 1 aliphatic heterocycles. The minimum Gasteiger partial charge on any atom is -0.382 e. The average molecular weight is 215 g/mol. The van der Waals surface area contributed by atoms with E-state index in [9.17, 15) is 0 Å². The molecule has 0 aliphatic carbocycles. The Labute approximate surface area is 93.7 Å². The number of likely N-dealkylation sites (tertiary alicyclic amines) is 1. The number of nitrogens with zero attached hydrogens (tertiary/aromatic N) is 1. The molecule has 0 atom stereocenters. The Balaban J connectivity index is 2.07. The number of ether oxygens (including phenoxy) is 2. The molecule has 0 aromatic carbocycles. The van der Waals surface area contributed by atoms with Crippen molar-refractivity contribution in [1.82, 2.24) is 4.90 Å². The molecule has 3 nitrogen and oxygen atoms in total. The van der Waals surface area contributed by atoms with Gasteiger partial charge in [0.15, 0.2) is 0 Å². The highest BCUT2D eigenvalue weighted by Crippen LogP contribution is 2.14. The zero-order valence-corrected chi connectivity index (χ0v) is 10.4. The normalized spacial score (nSPS) is 20.0. The SMILES string of the molecule is COCCOC1CCN(CC(C)C)CC1. The van der Waals surface area contributed by atoms with Crippen LogP contribution in [-0.4, -0.2) is 51.0 Å². The molecule has 90 valence electrons. The molecule has 0 bridgehead atoms. The van der Waals surface area contributed by atoms with Crippen molar-refractivity contribution in [2.75, 3.05) is 40.0 Å². The summed E-state index contributed by atoms with van der Waals surface area (Å²) in [5.41, 5.74) is 0. The predicted octanol–water partition coefficient (Wildman–Crippen LogP) is 1.77. The fraction of sp³-hybridized carbons (Fsp3) is 1.00. The van der Waals surface area contributed by atoms with Gasteiger partial charge in [-0.2, -0.15) is 0 Å². The van der Waals surface area contributed by atoms with E-state index in [1.807, 2.05) is 0 Å². The third-order valence-corrected chi connectivity index (χ3v) is 2.80. The van der Waals surface area contributed by atoms with Crippen molar-refractivity contribution in [3.8, 4) is 0 Å². The summed E-state index contributed by atoms with van der Waals surface area (Å²) in [5, 5.41) is 0. The largest absolute Gasteiger partial charge is 0.382 e. The van der Waals surface area contributed by atoms with Crippen LogP contribution in [0.25, 0.3) is 0 Å². The molecule has 0 saturated carbocycles. The molecular formula is C12H25NO2. The first-order valence-electron chi connectivity index (χ1n) is 6.05. The minimum atomic E-state index is 0.462. The van der Waals surface area contributed by atoms with Crippen LogP contribution in [0, 0.1) is 5.92 Å². The zero-order chi connectivity index (χ0) is 11.1. The molecular weight excluding hydrogens is 190 g/mol. The maximum absolute atomic E-state index is 5.72. The van der Waals surface area contributed by atoms with Gasteiger partial charge in [-0.15, -0.1) is 0 Å². The first kappa shape index (κ1) is 12.9. The predicted molar refractivity (Wildman–Crippen MR) is 62.1 cm³/mol. The summed E-state index contributed by atoms with van der Waals surface area (Å²) in [6, 6.07) is 0. The summed E-state index contributed by atoms with van der Waals surface area (Å²) in [6.45, 7) is 9.62. The second kappa shape index (κ2) is 7.20. The lowest BCUT2D eigenvalue weighted by Gasteiger charge is -2.32. The van der Waals surface area contributed by atoms with E-state index in [1.54, 1.807) is 7.11 Å². The highest BCUT2D eigenvalue weighted by atomic mass is 16.5. The van der Waals surface area contributed by atoms with Gasteiger partial charge in [-0.05, 0) is 18.8 Å². The number of rotatable bonds is 6. The van der Waals surface area contributed by atoms with E-state index >= 15 is 0 Å². The number of piperidine rings is 1. The van der Waals surface area contributed by atoms with Crippen molar-refractivity contribution >= 4 is 0 Å². The molecule has 1 saturated heterocycles. The number of methoxy groups -OCH3 is 1. The van der Waals surface area contributed by atoms with Crippen molar-refractivity contribution in [2.45, 2.75) is 32.8 Å². The molecule has 1 heterocycles. The van der Waals surface area contributed by atoms with Crippen molar-refractivity contribution in [3.05, 3.63) is 0 Å². The summed E-state index contributed by atoms with van der Waals surface area (Å²) in [4.78, 5) is 2.54. The summed E-state index contributed by atoms with van der Waals surface area (Å²) < 4.78 is 10.7. The van der Waals surface area contributed by atoms with Crippen LogP contribution in [0.1, 0.15) is 26.7 Å². The highest BCUT2D eigenvalue weighted by Gasteiger charge is 2.19. The second-order valence-electron chi connectivity index (χ2n) is 4.76. The standard InChI is InChI=1S/C12H25NO2/c1-11(2)10-13-6-4-12(5-7-13)15-9-8-14-3/h11-12H,4-10H2,1-3H3. The van der Waals surface area contributed by atoms with Gasteiger partial charge in [0, 0.05) is 26.7 Å². The Kier molecular flexibility index (Phi) is 6.22. The monoisotopic (exact) mass is 215 g/mol. The number of hydrogen-bond acceptors (Lipinski definition) is 3. The van der Waals surface area contributed by atoms with Crippen LogP contribution >= 0.6 is 0 Å². The summed E-state index contributed by atoms with van der Waals surface area (Å²) in [6.07, 6.45) is 2.82. The van der Waals surface area contributed by atoms with E-state index in [1.165, 1.54) is 32.5 Å². The van der Waals surface area contributed by atoms with Gasteiger partial charge < -0.3 is 14.4 Å². The van der Waals surface area contributed by atoms with Gasteiger partial charge in [0.2, 0.25) is 0 Å². The van der Waals surface area contributed by atoms with Gasteiger partial charge in [-0.1, -0.05) is 13.8 Å². The summed E-state index contributed by atoms with van der Waals surface area (Å²) in [7, 11) is 1.72. The van der Waals surface area contributed by atoms with Crippen molar-refractivity contribution in [1.29, 1.82) is 0 Å². The van der Waals surface area contributed by atoms with E-state index in [-0.39, 0.29) is 0 Å². The molecule has 3 heteroatoms. The molecule has 1 aliphatic rings. The average Bonchev–Trinajstić information content (AvgIpc) is 2.20. The van der Waals surface area contributed by atoms with Crippen LogP contribution in [0.5, 0.6) is 0 Å². The van der Waals surface area contributed by atoms with Crippen LogP contribution < -0.4 is 0 Å². The first-order valence-corrected chi connectivity index (χ1v) is 6.05. The van der Waals surface area contributed by atoms with Gasteiger partial charge >= 0.3 is 0 Å². The summed E-state index contributed by atoms with van der Waals surface area (Å²) in [5.74, 6) is 0.774. The van der Waals surface area contributed by atoms with Crippen molar-refractivity contribution < 1.29 is 9.47 Å². The van der Waals surface area contributed by atoms with E-state index < -0.39 is 0 Å². The third kappa shape index (κ3) is 5.50. The first-order chi connectivity index (χ1) is 7.22. The Hall–Kier alpha value is -0.120. The molecule has 1 rings (SSSR count). The quantitative estimate of drug-likeness (QED) is 0.630. The maximum Gasteiger partial charge on any atom is 0.0704 e. The Morgan fingerprint density at radius 3 is 2.40 bits per heavy atom. The van der Waals surface area contributed by atoms with Crippen LogP contribution in [0.3, 0.4) is 0 Å². The third-order valence-electron chi connectivity index (χ3n) is 2.80. The van der Waals surface area contributed by atoms with Gasteiger partial charge in [0.1, 0.15) is 0 Å². The molecule has 0 radical (unpaired) electrons. The Morgan fingerprint density at radius 1 is 1.20 bits per heavy atom. The fourth-order valence-corrected chi connectivity index (χ4v) is 2.07. The van der Waals surface area contributed by atoms with Crippen LogP contribution in [-0.2, 0) is 9.47 Å². The minimum absolute atomic E-state index is 0.462. The molecule has 0 amide bonds. The van der Waals surface area contributed by atoms with Crippen LogP contribution in [0.15, 0.2) is 0 Å². The molecule has 0 spiro atoms. The van der Waals surface area contributed by atoms with Crippen LogP contribution in [0.4, 0.5) is 0 Å². The van der Waals surface area contributed by atoms with Gasteiger partial charge in [0.25, 0.3) is 0 Å². The van der Waals surface area contributed by atoms with Crippen LogP contribution in [0.2, 0.25) is 0 Å². The van der Waals surface area contributed by atoms with Gasteiger partial charge in [0.05, 0.1) is 19.3 Å². The molecule has 15 heavy (non-hydrogen) atoms. The van der Waals surface area contributed by atoms with Gasteiger partial charge in [-0.3, -0.25) is 0 Å². The molecule has 1 fully saturated rings. The van der Waals surface area contributed by atoms with Crippen molar-refractivity contribution in [3.63, 3.8) is 0 Å². The summed E-state index contributed by atoms with van der Waals surface area (Å²) >= 11 is 0. The Morgan fingerprint density at radius 2 is 1.87 bits per heavy atom. The lowest BCUT2D eigenvalue weighted by molar-refractivity contribution is -0.0160. The van der Waals surface area contributed by atoms with Crippen molar-refractivity contribution in [2.24, 2.45) is 5.92 Å². The molecule has 0 aromatic heterocycles. The highest BCUT2D eigenvalue weighted by molar-refractivity contribution is 4.73. The molecule has 0 unspecified atom stereocenters. The zero-order valence-electron chi connectivity index (χ0n) is 10.4. The smallest absolute Gasteiger partial charge is 0.0704 e. The lowest BCUT2D eigenvalue weighted by atomic mass is 10.1. The molecule has 0 N–H and O–H groups in total. The lowest BCUT2D eigenvalue weighted by Crippen LogP contribution is -2.39. The Bertz CT molecular complexity index is 154.